The van der Waals surface area contributed by atoms with E-state index in [0.29, 0.717) is 22.0 Å². The Bertz CT molecular complexity index is 857. The van der Waals surface area contributed by atoms with E-state index in [9.17, 15) is 9.59 Å². The van der Waals surface area contributed by atoms with E-state index in [1.807, 2.05) is 13.8 Å². The fourth-order valence-corrected chi connectivity index (χ4v) is 4.34. The highest BCUT2D eigenvalue weighted by molar-refractivity contribution is 7.99. The molecule has 2 heterocycles. The summed E-state index contributed by atoms with van der Waals surface area (Å²) < 4.78 is 2.09. The minimum absolute atomic E-state index is 0.0732. The number of aromatic nitrogens is 3. The van der Waals surface area contributed by atoms with Crippen LogP contribution in [0.2, 0.25) is 0 Å². The van der Waals surface area contributed by atoms with Crippen LogP contribution >= 0.6 is 23.1 Å². The lowest BCUT2D eigenvalue weighted by atomic mass is 10.3. The molecule has 0 saturated heterocycles. The summed E-state index contributed by atoms with van der Waals surface area (Å²) in [6.07, 6.45) is 2.53. The Kier molecular flexibility index (Phi) is 7.85. The molecule has 0 spiro atoms. The van der Waals surface area contributed by atoms with Gasteiger partial charge in [0.25, 0.3) is 5.56 Å². The zero-order valence-electron chi connectivity index (χ0n) is 16.3. The number of hydrogen-bond donors (Lipinski definition) is 1. The van der Waals surface area contributed by atoms with Gasteiger partial charge in [-0.2, -0.15) is 4.98 Å². The number of nitrogens with zero attached hydrogens (tertiary/aromatic N) is 4. The molecule has 0 saturated carbocycles. The van der Waals surface area contributed by atoms with Crippen molar-refractivity contribution in [3.05, 3.63) is 23.0 Å². The van der Waals surface area contributed by atoms with Gasteiger partial charge in [0.1, 0.15) is 4.70 Å². The first-order chi connectivity index (χ1) is 12.9. The first-order valence-electron chi connectivity index (χ1n) is 9.14. The standard InChI is InChI=1S/C18H27N5O2S2/c1-6-10-23-16(25)14-15(20-17(27-14)22(8-3)9-4)21-18(23)26-11-13(24)19-12(5)7-2/h6,12H,1,7-11H2,2-5H3,(H,19,24). The molecule has 1 atom stereocenters. The maximum Gasteiger partial charge on any atom is 0.274 e. The highest BCUT2D eigenvalue weighted by Crippen LogP contribution is 2.27. The predicted octanol–water partition coefficient (Wildman–Crippen LogP) is 2.89. The van der Waals surface area contributed by atoms with Gasteiger partial charge in [-0.15, -0.1) is 6.58 Å². The van der Waals surface area contributed by atoms with E-state index >= 15 is 0 Å². The number of nitrogens with one attached hydrogen (secondary N) is 1. The maximum atomic E-state index is 12.9. The van der Waals surface area contributed by atoms with Crippen LogP contribution in [0.4, 0.5) is 5.13 Å². The Labute approximate surface area is 167 Å². The van der Waals surface area contributed by atoms with E-state index in [1.165, 1.54) is 23.1 Å². The van der Waals surface area contributed by atoms with Crippen molar-refractivity contribution < 1.29 is 4.79 Å². The first kappa shape index (κ1) is 21.4. The summed E-state index contributed by atoms with van der Waals surface area (Å²) in [5.74, 6) is 0.128. The summed E-state index contributed by atoms with van der Waals surface area (Å²) in [4.78, 5) is 36.2. The van der Waals surface area contributed by atoms with Crippen molar-refractivity contribution in [3.8, 4) is 0 Å². The van der Waals surface area contributed by atoms with E-state index in [0.717, 1.165) is 24.6 Å². The van der Waals surface area contributed by atoms with Crippen LogP contribution in [0.15, 0.2) is 22.6 Å². The molecule has 0 radical (unpaired) electrons. The molecule has 2 aromatic heterocycles. The first-order valence-corrected chi connectivity index (χ1v) is 10.9. The Morgan fingerprint density at radius 3 is 2.67 bits per heavy atom. The summed E-state index contributed by atoms with van der Waals surface area (Å²) in [5.41, 5.74) is 0.303. The maximum absolute atomic E-state index is 12.9. The van der Waals surface area contributed by atoms with Gasteiger partial charge < -0.3 is 10.2 Å². The van der Waals surface area contributed by atoms with Crippen molar-refractivity contribution in [3.63, 3.8) is 0 Å². The number of anilines is 1. The minimum Gasteiger partial charge on any atom is -0.353 e. The Hall–Kier alpha value is -1.87. The van der Waals surface area contributed by atoms with Crippen LogP contribution in [-0.4, -0.2) is 45.3 Å². The molecule has 0 aliphatic heterocycles. The molecule has 27 heavy (non-hydrogen) atoms. The number of thiazole rings is 1. The molecule has 0 bridgehead atoms. The van der Waals surface area contributed by atoms with Crippen LogP contribution in [0.5, 0.6) is 0 Å². The Morgan fingerprint density at radius 1 is 1.37 bits per heavy atom. The van der Waals surface area contributed by atoms with Crippen molar-refractivity contribution in [2.45, 2.75) is 51.9 Å². The van der Waals surface area contributed by atoms with Crippen LogP contribution < -0.4 is 15.8 Å². The number of rotatable bonds is 10. The van der Waals surface area contributed by atoms with Crippen LogP contribution in [0.25, 0.3) is 10.3 Å². The van der Waals surface area contributed by atoms with Crippen molar-refractivity contribution in [1.29, 1.82) is 0 Å². The summed E-state index contributed by atoms with van der Waals surface area (Å²) in [6.45, 7) is 13.8. The minimum atomic E-state index is -0.138. The third kappa shape index (κ3) is 5.10. The zero-order valence-corrected chi connectivity index (χ0v) is 18.0. The topological polar surface area (TPSA) is 80.1 Å². The molecule has 148 valence electrons. The Morgan fingerprint density at radius 2 is 2.07 bits per heavy atom. The van der Waals surface area contributed by atoms with Crippen LogP contribution in [-0.2, 0) is 11.3 Å². The van der Waals surface area contributed by atoms with E-state index in [4.69, 9.17) is 0 Å². The zero-order chi connectivity index (χ0) is 20.0. The van der Waals surface area contributed by atoms with Gasteiger partial charge in [0.05, 0.1) is 5.75 Å². The number of amides is 1. The molecule has 1 amide bonds. The average molecular weight is 410 g/mol. The molecule has 1 N–H and O–H groups in total. The lowest BCUT2D eigenvalue weighted by Gasteiger charge is -2.15. The van der Waals surface area contributed by atoms with Crippen LogP contribution in [0.3, 0.4) is 0 Å². The van der Waals surface area contributed by atoms with Crippen LogP contribution in [0.1, 0.15) is 34.1 Å². The molecule has 9 heteroatoms. The quantitative estimate of drug-likeness (QED) is 0.369. The van der Waals surface area contributed by atoms with Gasteiger partial charge in [-0.25, -0.2) is 4.98 Å². The molecular formula is C18H27N5O2S2. The molecule has 0 fully saturated rings. The van der Waals surface area contributed by atoms with Crippen molar-refractivity contribution in [2.24, 2.45) is 0 Å². The molecule has 2 rings (SSSR count). The molecule has 0 aliphatic carbocycles. The summed E-state index contributed by atoms with van der Waals surface area (Å²) in [5, 5.41) is 4.20. The second-order valence-electron chi connectivity index (χ2n) is 6.09. The van der Waals surface area contributed by atoms with E-state index in [2.05, 4.69) is 40.6 Å². The van der Waals surface area contributed by atoms with Gasteiger partial charge in [0.15, 0.2) is 15.9 Å². The normalized spacial score (nSPS) is 12.1. The summed E-state index contributed by atoms with van der Waals surface area (Å²) in [7, 11) is 0. The lowest BCUT2D eigenvalue weighted by molar-refractivity contribution is -0.119. The molecule has 0 aromatic carbocycles. The number of carbonyl (C=O) groups excluding carboxylic acids is 1. The third-order valence-electron chi connectivity index (χ3n) is 4.17. The third-order valence-corrected chi connectivity index (χ3v) is 6.24. The van der Waals surface area contributed by atoms with Gasteiger partial charge in [-0.1, -0.05) is 36.1 Å². The van der Waals surface area contributed by atoms with Crippen molar-refractivity contribution >= 4 is 44.5 Å². The fourth-order valence-electron chi connectivity index (χ4n) is 2.45. The number of fused-ring (bicyclic) bond motifs is 1. The second kappa shape index (κ2) is 9.89. The number of hydrogen-bond acceptors (Lipinski definition) is 7. The van der Waals surface area contributed by atoms with Crippen molar-refractivity contribution in [1.82, 2.24) is 19.9 Å². The lowest BCUT2D eigenvalue weighted by Crippen LogP contribution is -2.33. The van der Waals surface area contributed by atoms with Gasteiger partial charge in [-0.05, 0) is 27.2 Å². The van der Waals surface area contributed by atoms with Gasteiger partial charge >= 0.3 is 0 Å². The molecule has 2 aromatic rings. The SMILES string of the molecule is C=CCn1c(SCC(=O)NC(C)CC)nc2nc(N(CC)CC)sc2c1=O. The highest BCUT2D eigenvalue weighted by atomic mass is 32.2. The highest BCUT2D eigenvalue weighted by Gasteiger charge is 2.18. The molecule has 7 nitrogen and oxygen atoms in total. The smallest absolute Gasteiger partial charge is 0.274 e. The van der Waals surface area contributed by atoms with Gasteiger partial charge in [0, 0.05) is 25.7 Å². The number of carbonyl (C=O) groups is 1. The number of allylic oxidation sites excluding steroid dienone is 1. The molecule has 0 aliphatic rings. The predicted molar refractivity (Wildman–Crippen MR) is 114 cm³/mol. The van der Waals surface area contributed by atoms with E-state index in [-0.39, 0.29) is 23.3 Å². The largest absolute Gasteiger partial charge is 0.353 e. The van der Waals surface area contributed by atoms with Crippen LogP contribution in [0, 0.1) is 0 Å². The summed E-state index contributed by atoms with van der Waals surface area (Å²) >= 11 is 2.61. The second-order valence-corrected chi connectivity index (χ2v) is 8.01. The fraction of sp³-hybridized carbons (Fsp3) is 0.556. The monoisotopic (exact) mass is 409 g/mol. The van der Waals surface area contributed by atoms with Gasteiger partial charge in [0.2, 0.25) is 5.91 Å². The van der Waals surface area contributed by atoms with E-state index < -0.39 is 0 Å². The Balaban J connectivity index is 2.36. The van der Waals surface area contributed by atoms with Gasteiger partial charge in [-0.3, -0.25) is 14.2 Å². The average Bonchev–Trinajstić information content (AvgIpc) is 3.07. The molecular weight excluding hydrogens is 382 g/mol. The summed E-state index contributed by atoms with van der Waals surface area (Å²) in [6, 6.07) is 0.124. The number of thioether (sulfide) groups is 1. The van der Waals surface area contributed by atoms with Crippen molar-refractivity contribution in [2.75, 3.05) is 23.7 Å². The molecule has 1 unspecified atom stereocenters. The van der Waals surface area contributed by atoms with E-state index in [1.54, 1.807) is 10.6 Å².